The zero-order valence-electron chi connectivity index (χ0n) is 23.1. The van der Waals surface area contributed by atoms with Crippen molar-refractivity contribution in [2.75, 3.05) is 25.0 Å². The van der Waals surface area contributed by atoms with Crippen molar-refractivity contribution in [3.8, 4) is 0 Å². The normalized spacial score (nSPS) is 13.8. The SMILES string of the molecule is CC(C)(C)OC(=O)[C@H](CNC(=O)c1ccc2c(c1)C(=O)N(CCNc1ccccn1)C2)NS(=O)(=O)c1ccccc1. The minimum absolute atomic E-state index is 0.0307. The van der Waals surface area contributed by atoms with Crippen molar-refractivity contribution in [3.63, 3.8) is 0 Å². The first kappa shape index (κ1) is 29.7. The number of fused-ring (bicyclic) bond motifs is 1. The van der Waals surface area contributed by atoms with Crippen LogP contribution in [0.3, 0.4) is 0 Å². The number of benzene rings is 2. The molecule has 2 amide bonds. The molecule has 0 spiro atoms. The lowest BCUT2D eigenvalue weighted by atomic mass is 10.1. The average molecular weight is 580 g/mol. The monoisotopic (exact) mass is 579 g/mol. The van der Waals surface area contributed by atoms with Crippen LogP contribution in [0.25, 0.3) is 0 Å². The van der Waals surface area contributed by atoms with E-state index in [0.717, 1.165) is 5.56 Å². The highest BCUT2D eigenvalue weighted by molar-refractivity contribution is 7.89. The van der Waals surface area contributed by atoms with E-state index in [0.29, 0.717) is 31.0 Å². The van der Waals surface area contributed by atoms with Crippen LogP contribution < -0.4 is 15.4 Å². The summed E-state index contributed by atoms with van der Waals surface area (Å²) < 4.78 is 33.5. The molecular formula is C29H33N5O6S. The Balaban J connectivity index is 1.41. The molecule has 0 saturated carbocycles. The number of hydrogen-bond acceptors (Lipinski definition) is 8. The predicted octanol–water partition coefficient (Wildman–Crippen LogP) is 2.57. The second-order valence-electron chi connectivity index (χ2n) is 10.5. The summed E-state index contributed by atoms with van der Waals surface area (Å²) in [4.78, 5) is 44.7. The fourth-order valence-corrected chi connectivity index (χ4v) is 5.37. The lowest BCUT2D eigenvalue weighted by Crippen LogP contribution is -2.50. The zero-order chi connectivity index (χ0) is 29.6. The van der Waals surface area contributed by atoms with E-state index >= 15 is 0 Å². The van der Waals surface area contributed by atoms with Gasteiger partial charge in [0.25, 0.3) is 11.8 Å². The number of esters is 1. The molecule has 0 saturated heterocycles. The fourth-order valence-electron chi connectivity index (χ4n) is 4.17. The van der Waals surface area contributed by atoms with E-state index in [9.17, 15) is 22.8 Å². The van der Waals surface area contributed by atoms with E-state index in [-0.39, 0.29) is 22.9 Å². The maximum Gasteiger partial charge on any atom is 0.326 e. The van der Waals surface area contributed by atoms with Gasteiger partial charge in [-0.05, 0) is 62.7 Å². The molecule has 1 atom stereocenters. The quantitative estimate of drug-likeness (QED) is 0.294. The number of carbonyl (C=O) groups excluding carboxylic acids is 3. The number of anilines is 1. The van der Waals surface area contributed by atoms with Gasteiger partial charge < -0.3 is 20.3 Å². The maximum atomic E-state index is 13.0. The summed E-state index contributed by atoms with van der Waals surface area (Å²) in [5.41, 5.74) is 0.548. The largest absolute Gasteiger partial charge is 0.459 e. The molecule has 3 aromatic rings. The van der Waals surface area contributed by atoms with Crippen molar-refractivity contribution < 1.29 is 27.5 Å². The van der Waals surface area contributed by atoms with Gasteiger partial charge in [-0.1, -0.05) is 30.3 Å². The molecular weight excluding hydrogens is 546 g/mol. The molecule has 3 N–H and O–H groups in total. The Labute approximate surface area is 239 Å². The molecule has 2 aromatic carbocycles. The van der Waals surface area contributed by atoms with Crippen LogP contribution in [0.5, 0.6) is 0 Å². The van der Waals surface area contributed by atoms with Gasteiger partial charge >= 0.3 is 5.97 Å². The van der Waals surface area contributed by atoms with Crippen molar-refractivity contribution in [1.29, 1.82) is 0 Å². The standard InChI is InChI=1S/C29H33N5O6S/c1-29(2,3)40-28(37)24(33-41(38,39)22-9-5-4-6-10-22)18-32-26(35)20-12-13-21-19-34(27(36)23(21)17-20)16-15-31-25-11-7-8-14-30-25/h4-14,17,24,33H,15-16,18-19H2,1-3H3,(H,30,31)(H,32,35)/t24-/m0/s1. The molecule has 41 heavy (non-hydrogen) atoms. The third-order valence-corrected chi connectivity index (χ3v) is 7.60. The van der Waals surface area contributed by atoms with Crippen molar-refractivity contribution in [2.45, 2.75) is 43.9 Å². The number of amides is 2. The summed E-state index contributed by atoms with van der Waals surface area (Å²) in [6.45, 7) is 5.99. The second-order valence-corrected chi connectivity index (χ2v) is 12.2. The van der Waals surface area contributed by atoms with Crippen LogP contribution in [0.1, 0.15) is 47.1 Å². The molecule has 1 aromatic heterocycles. The Morgan fingerprint density at radius 1 is 1.05 bits per heavy atom. The lowest BCUT2D eigenvalue weighted by molar-refractivity contribution is -0.156. The summed E-state index contributed by atoms with van der Waals surface area (Å²) in [6, 6.07) is 16.5. The van der Waals surface area contributed by atoms with Crippen LogP contribution in [0.4, 0.5) is 5.82 Å². The van der Waals surface area contributed by atoms with Crippen molar-refractivity contribution in [1.82, 2.24) is 19.9 Å². The number of carbonyl (C=O) groups is 3. The number of aromatic nitrogens is 1. The molecule has 11 nitrogen and oxygen atoms in total. The first-order valence-electron chi connectivity index (χ1n) is 13.1. The van der Waals surface area contributed by atoms with Crippen molar-refractivity contribution in [2.24, 2.45) is 0 Å². The molecule has 12 heteroatoms. The van der Waals surface area contributed by atoms with Crippen LogP contribution >= 0.6 is 0 Å². The fraction of sp³-hybridized carbons (Fsp3) is 0.310. The summed E-state index contributed by atoms with van der Waals surface area (Å²) in [6.07, 6.45) is 1.68. The van der Waals surface area contributed by atoms with Gasteiger partial charge in [-0.15, -0.1) is 0 Å². The second kappa shape index (κ2) is 12.5. The number of hydrogen-bond donors (Lipinski definition) is 3. The van der Waals surface area contributed by atoms with Gasteiger partial charge in [0.15, 0.2) is 0 Å². The van der Waals surface area contributed by atoms with Crippen molar-refractivity contribution >= 4 is 33.6 Å². The minimum atomic E-state index is -4.08. The Hall–Kier alpha value is -4.29. The van der Waals surface area contributed by atoms with Crippen LogP contribution in [0.15, 0.2) is 77.8 Å². The zero-order valence-corrected chi connectivity index (χ0v) is 23.9. The molecule has 1 aliphatic heterocycles. The molecule has 216 valence electrons. The number of pyridine rings is 1. The molecule has 0 bridgehead atoms. The first-order valence-corrected chi connectivity index (χ1v) is 14.6. The predicted molar refractivity (Wildman–Crippen MR) is 153 cm³/mol. The Morgan fingerprint density at radius 2 is 1.78 bits per heavy atom. The molecule has 0 unspecified atom stereocenters. The van der Waals surface area contributed by atoms with Gasteiger partial charge in [0, 0.05) is 43.5 Å². The summed E-state index contributed by atoms with van der Waals surface area (Å²) in [5, 5.41) is 5.77. The van der Waals surface area contributed by atoms with Gasteiger partial charge in [-0.2, -0.15) is 4.72 Å². The minimum Gasteiger partial charge on any atom is -0.459 e. The molecule has 2 heterocycles. The highest BCUT2D eigenvalue weighted by atomic mass is 32.2. The highest BCUT2D eigenvalue weighted by Gasteiger charge is 2.31. The average Bonchev–Trinajstić information content (AvgIpc) is 3.25. The van der Waals surface area contributed by atoms with Gasteiger partial charge in [0.05, 0.1) is 4.90 Å². The number of sulfonamides is 1. The molecule has 1 aliphatic rings. The third kappa shape index (κ3) is 7.89. The van der Waals surface area contributed by atoms with Gasteiger partial charge in [0.2, 0.25) is 10.0 Å². The van der Waals surface area contributed by atoms with E-state index in [1.165, 1.54) is 18.2 Å². The van der Waals surface area contributed by atoms with Crippen LogP contribution in [-0.4, -0.2) is 67.4 Å². The maximum absolute atomic E-state index is 13.0. The third-order valence-electron chi connectivity index (χ3n) is 6.11. The summed E-state index contributed by atoms with van der Waals surface area (Å²) >= 11 is 0. The van der Waals surface area contributed by atoms with Crippen LogP contribution in [-0.2, 0) is 26.1 Å². The number of nitrogens with one attached hydrogen (secondary N) is 3. The van der Waals surface area contributed by atoms with E-state index in [2.05, 4.69) is 20.3 Å². The molecule has 0 radical (unpaired) electrons. The van der Waals surface area contributed by atoms with Crippen LogP contribution in [0.2, 0.25) is 0 Å². The van der Waals surface area contributed by atoms with E-state index < -0.39 is 33.5 Å². The highest BCUT2D eigenvalue weighted by Crippen LogP contribution is 2.24. The van der Waals surface area contributed by atoms with E-state index in [1.807, 2.05) is 18.2 Å². The number of nitrogens with zero attached hydrogens (tertiary/aromatic N) is 2. The van der Waals surface area contributed by atoms with Gasteiger partial charge in [0.1, 0.15) is 17.5 Å². The Morgan fingerprint density at radius 3 is 2.46 bits per heavy atom. The first-order chi connectivity index (χ1) is 19.4. The van der Waals surface area contributed by atoms with Gasteiger partial charge in [-0.25, -0.2) is 13.4 Å². The topological polar surface area (TPSA) is 147 Å². The number of rotatable bonds is 11. The molecule has 0 aliphatic carbocycles. The molecule has 4 rings (SSSR count). The smallest absolute Gasteiger partial charge is 0.326 e. The van der Waals surface area contributed by atoms with Crippen LogP contribution in [0, 0.1) is 0 Å². The van der Waals surface area contributed by atoms with E-state index in [4.69, 9.17) is 4.74 Å². The Kier molecular flexibility index (Phi) is 9.04. The summed E-state index contributed by atoms with van der Waals surface area (Å²) in [5.74, 6) is -0.884. The molecule has 0 fully saturated rings. The van der Waals surface area contributed by atoms with Crippen molar-refractivity contribution in [3.05, 3.63) is 89.6 Å². The number of ether oxygens (including phenoxy) is 1. The van der Waals surface area contributed by atoms with Gasteiger partial charge in [-0.3, -0.25) is 14.4 Å². The lowest BCUT2D eigenvalue weighted by Gasteiger charge is -2.24. The summed E-state index contributed by atoms with van der Waals surface area (Å²) in [7, 11) is -4.08. The Bertz CT molecular complexity index is 1510. The van der Waals surface area contributed by atoms with E-state index in [1.54, 1.807) is 62.2 Å².